The van der Waals surface area contributed by atoms with Crippen molar-refractivity contribution in [2.45, 2.75) is 32.2 Å². The molecule has 0 aliphatic heterocycles. The zero-order chi connectivity index (χ0) is 13.7. The van der Waals surface area contributed by atoms with Crippen LogP contribution in [0.5, 0.6) is 0 Å². The summed E-state index contributed by atoms with van der Waals surface area (Å²) >= 11 is 0.343. The maximum absolute atomic E-state index is 6.30. The molecular weight excluding hydrogens is 297 g/mol. The van der Waals surface area contributed by atoms with Crippen LogP contribution in [0.3, 0.4) is 0 Å². The summed E-state index contributed by atoms with van der Waals surface area (Å²) in [5.74, 6) is 0. The molecule has 0 fully saturated rings. The molecule has 0 spiro atoms. The molecule has 2 heteroatoms. The zero-order valence-electron chi connectivity index (χ0n) is 11.6. The number of benzene rings is 2. The standard InChI is InChI=1S/C17H21NSe/c1-3-17(18,4-2)12-13-19-16-11-7-9-14-8-5-6-10-15(14)16/h5-13H,3-4,18H2,1-2H3/b13-12+. The molecular formula is C17H21NSe. The van der Waals surface area contributed by atoms with Gasteiger partial charge in [-0.05, 0) is 0 Å². The molecule has 1 nitrogen and oxygen atoms in total. The van der Waals surface area contributed by atoms with Gasteiger partial charge in [-0.1, -0.05) is 0 Å². The van der Waals surface area contributed by atoms with Gasteiger partial charge in [-0.15, -0.1) is 0 Å². The van der Waals surface area contributed by atoms with Crippen LogP contribution in [0.4, 0.5) is 0 Å². The topological polar surface area (TPSA) is 26.0 Å². The summed E-state index contributed by atoms with van der Waals surface area (Å²) in [5, 5.41) is 2.69. The first-order chi connectivity index (χ1) is 9.18. The number of rotatable bonds is 5. The third-order valence-corrected chi connectivity index (χ3v) is 5.51. The van der Waals surface area contributed by atoms with E-state index in [9.17, 15) is 0 Å². The Kier molecular flexibility index (Phi) is 4.81. The molecule has 0 amide bonds. The molecule has 0 bridgehead atoms. The molecule has 19 heavy (non-hydrogen) atoms. The second-order valence-corrected chi connectivity index (χ2v) is 6.83. The van der Waals surface area contributed by atoms with Gasteiger partial charge in [0.1, 0.15) is 0 Å². The Morgan fingerprint density at radius 2 is 1.74 bits per heavy atom. The van der Waals surface area contributed by atoms with E-state index in [2.05, 4.69) is 67.4 Å². The summed E-state index contributed by atoms with van der Waals surface area (Å²) in [5.41, 5.74) is 6.16. The van der Waals surface area contributed by atoms with Crippen LogP contribution in [0.1, 0.15) is 26.7 Å². The van der Waals surface area contributed by atoms with Crippen molar-refractivity contribution in [3.05, 3.63) is 53.5 Å². The van der Waals surface area contributed by atoms with E-state index in [1.54, 1.807) is 0 Å². The molecule has 0 saturated heterocycles. The van der Waals surface area contributed by atoms with Gasteiger partial charge in [-0.3, -0.25) is 0 Å². The molecule has 0 aliphatic rings. The minimum atomic E-state index is -0.133. The van der Waals surface area contributed by atoms with E-state index in [4.69, 9.17) is 5.73 Å². The van der Waals surface area contributed by atoms with Crippen LogP contribution in [-0.4, -0.2) is 20.5 Å². The second-order valence-electron chi connectivity index (χ2n) is 4.84. The fourth-order valence-corrected chi connectivity index (χ4v) is 4.03. The van der Waals surface area contributed by atoms with Gasteiger partial charge in [-0.2, -0.15) is 0 Å². The first kappa shape index (κ1) is 14.3. The molecule has 0 radical (unpaired) electrons. The van der Waals surface area contributed by atoms with E-state index in [0.717, 1.165) is 12.8 Å². The fourth-order valence-electron chi connectivity index (χ4n) is 2.03. The van der Waals surface area contributed by atoms with Crippen LogP contribution in [-0.2, 0) is 0 Å². The summed E-state index contributed by atoms with van der Waals surface area (Å²) < 4.78 is 1.43. The predicted molar refractivity (Wildman–Crippen MR) is 86.0 cm³/mol. The molecule has 0 unspecified atom stereocenters. The van der Waals surface area contributed by atoms with E-state index in [0.29, 0.717) is 15.0 Å². The average molecular weight is 318 g/mol. The number of hydrogen-bond donors (Lipinski definition) is 1. The van der Waals surface area contributed by atoms with E-state index in [-0.39, 0.29) is 5.54 Å². The third-order valence-electron chi connectivity index (χ3n) is 3.66. The van der Waals surface area contributed by atoms with Crippen molar-refractivity contribution in [1.82, 2.24) is 0 Å². The average Bonchev–Trinajstić information content (AvgIpc) is 2.47. The molecule has 0 aliphatic carbocycles. The van der Waals surface area contributed by atoms with Gasteiger partial charge in [0.2, 0.25) is 0 Å². The van der Waals surface area contributed by atoms with Crippen LogP contribution in [0.2, 0.25) is 0 Å². The third kappa shape index (κ3) is 3.48. The van der Waals surface area contributed by atoms with Crippen LogP contribution >= 0.6 is 0 Å². The van der Waals surface area contributed by atoms with E-state index in [1.807, 2.05) is 0 Å². The Hall–Kier alpha value is -1.08. The monoisotopic (exact) mass is 319 g/mol. The fraction of sp³-hybridized carbons (Fsp3) is 0.294. The van der Waals surface area contributed by atoms with Gasteiger partial charge < -0.3 is 0 Å². The Bertz CT molecular complexity index is 565. The molecule has 0 saturated carbocycles. The van der Waals surface area contributed by atoms with Crippen LogP contribution in [0, 0.1) is 0 Å². The van der Waals surface area contributed by atoms with Gasteiger partial charge in [-0.25, -0.2) is 0 Å². The van der Waals surface area contributed by atoms with Crippen LogP contribution in [0.25, 0.3) is 10.8 Å². The van der Waals surface area contributed by atoms with Crippen molar-refractivity contribution < 1.29 is 0 Å². The van der Waals surface area contributed by atoms with Crippen molar-refractivity contribution in [2.75, 3.05) is 0 Å². The van der Waals surface area contributed by atoms with Crippen LogP contribution in [0.15, 0.2) is 53.5 Å². The van der Waals surface area contributed by atoms with Crippen LogP contribution < -0.4 is 10.2 Å². The first-order valence-corrected chi connectivity index (χ1v) is 8.64. The number of hydrogen-bond acceptors (Lipinski definition) is 1. The van der Waals surface area contributed by atoms with Gasteiger partial charge >= 0.3 is 122 Å². The molecule has 0 aromatic heterocycles. The Balaban J connectivity index is 2.21. The van der Waals surface area contributed by atoms with E-state index in [1.165, 1.54) is 15.2 Å². The summed E-state index contributed by atoms with van der Waals surface area (Å²) in [6.45, 7) is 4.30. The minimum absolute atomic E-state index is 0.133. The molecule has 2 rings (SSSR count). The summed E-state index contributed by atoms with van der Waals surface area (Å²) in [6, 6.07) is 15.1. The van der Waals surface area contributed by atoms with E-state index >= 15 is 0 Å². The molecule has 2 aromatic carbocycles. The summed E-state index contributed by atoms with van der Waals surface area (Å²) in [7, 11) is 0. The van der Waals surface area contributed by atoms with Gasteiger partial charge in [0.25, 0.3) is 0 Å². The molecule has 2 N–H and O–H groups in total. The quantitative estimate of drug-likeness (QED) is 0.842. The van der Waals surface area contributed by atoms with Crippen molar-refractivity contribution in [3.8, 4) is 0 Å². The molecule has 100 valence electrons. The Morgan fingerprint density at radius 1 is 1.05 bits per heavy atom. The normalized spacial score (nSPS) is 12.4. The second kappa shape index (κ2) is 6.38. The van der Waals surface area contributed by atoms with Gasteiger partial charge in [0.05, 0.1) is 0 Å². The predicted octanol–water partition coefficient (Wildman–Crippen LogP) is 3.20. The first-order valence-electron chi connectivity index (χ1n) is 6.79. The number of fused-ring (bicyclic) bond motifs is 1. The maximum atomic E-state index is 6.30. The molecule has 0 heterocycles. The number of nitrogens with two attached hydrogens (primary N) is 1. The summed E-state index contributed by atoms with van der Waals surface area (Å²) in [6.07, 6.45) is 4.19. The van der Waals surface area contributed by atoms with Crippen molar-refractivity contribution in [2.24, 2.45) is 5.73 Å². The molecule has 0 atom stereocenters. The van der Waals surface area contributed by atoms with E-state index < -0.39 is 0 Å². The zero-order valence-corrected chi connectivity index (χ0v) is 13.3. The summed E-state index contributed by atoms with van der Waals surface area (Å²) in [4.78, 5) is 2.28. The Morgan fingerprint density at radius 3 is 2.47 bits per heavy atom. The van der Waals surface area contributed by atoms with Crippen molar-refractivity contribution in [1.29, 1.82) is 0 Å². The van der Waals surface area contributed by atoms with Crippen molar-refractivity contribution in [3.63, 3.8) is 0 Å². The Labute approximate surface area is 122 Å². The van der Waals surface area contributed by atoms with Gasteiger partial charge in [0, 0.05) is 0 Å². The SMILES string of the molecule is CCC(N)(/C=C/[Se]c1cccc2ccccc12)CC. The van der Waals surface area contributed by atoms with Gasteiger partial charge in [0.15, 0.2) is 0 Å². The van der Waals surface area contributed by atoms with Crippen molar-refractivity contribution >= 4 is 30.2 Å². The molecule has 2 aromatic rings.